The average Bonchev–Trinajstić information content (AvgIpc) is 3.30. The third-order valence-electron chi connectivity index (χ3n) is 3.82. The highest BCUT2D eigenvalue weighted by atomic mass is 32.2. The van der Waals surface area contributed by atoms with E-state index in [9.17, 15) is 4.79 Å². The zero-order valence-electron chi connectivity index (χ0n) is 14.2. The molecule has 0 aliphatic heterocycles. The topological polar surface area (TPSA) is 33.5 Å². The van der Waals surface area contributed by atoms with Crippen LogP contribution in [0.15, 0.2) is 64.6 Å². The van der Waals surface area contributed by atoms with E-state index in [2.05, 4.69) is 37.3 Å². The summed E-state index contributed by atoms with van der Waals surface area (Å²) in [6, 6.07) is 16.3. The lowest BCUT2D eigenvalue weighted by Crippen LogP contribution is -2.31. The van der Waals surface area contributed by atoms with Crippen LogP contribution in [0.1, 0.15) is 21.8 Å². The van der Waals surface area contributed by atoms with Crippen LogP contribution in [-0.2, 0) is 23.6 Å². The van der Waals surface area contributed by atoms with Gasteiger partial charge in [0.05, 0.1) is 25.1 Å². The molecule has 0 saturated carbocycles. The Labute approximate surface area is 156 Å². The number of hydrogen-bond donors (Lipinski definition) is 0. The highest BCUT2D eigenvalue weighted by Crippen LogP contribution is 2.18. The highest BCUT2D eigenvalue weighted by Gasteiger charge is 2.16. The van der Waals surface area contributed by atoms with Gasteiger partial charge < -0.3 is 9.32 Å². The van der Waals surface area contributed by atoms with Gasteiger partial charge in [0.2, 0.25) is 5.91 Å². The number of rotatable bonds is 8. The van der Waals surface area contributed by atoms with Gasteiger partial charge in [0.1, 0.15) is 5.76 Å². The van der Waals surface area contributed by atoms with Crippen molar-refractivity contribution in [1.29, 1.82) is 0 Å². The number of benzene rings is 1. The summed E-state index contributed by atoms with van der Waals surface area (Å²) < 4.78 is 5.42. The molecule has 2 heterocycles. The summed E-state index contributed by atoms with van der Waals surface area (Å²) in [5.74, 6) is 2.27. The van der Waals surface area contributed by atoms with Crippen LogP contribution >= 0.6 is 23.1 Å². The molecule has 2 aromatic heterocycles. The van der Waals surface area contributed by atoms with Crippen molar-refractivity contribution in [1.82, 2.24) is 4.90 Å². The molecule has 0 aliphatic rings. The molecule has 3 aromatic rings. The number of carbonyl (C=O) groups excluding carboxylic acids is 1. The number of thioether (sulfide) groups is 1. The number of aryl methyl sites for hydroxylation is 1. The number of amides is 1. The summed E-state index contributed by atoms with van der Waals surface area (Å²) >= 11 is 3.33. The number of carbonyl (C=O) groups is 1. The molecule has 0 bridgehead atoms. The van der Waals surface area contributed by atoms with E-state index < -0.39 is 0 Å². The Morgan fingerprint density at radius 2 is 1.96 bits per heavy atom. The minimum Gasteiger partial charge on any atom is -0.467 e. The first-order chi connectivity index (χ1) is 12.2. The van der Waals surface area contributed by atoms with E-state index >= 15 is 0 Å². The summed E-state index contributed by atoms with van der Waals surface area (Å²) in [5, 5.41) is 2.04. The van der Waals surface area contributed by atoms with Crippen molar-refractivity contribution >= 4 is 29.0 Å². The monoisotopic (exact) mass is 371 g/mol. The van der Waals surface area contributed by atoms with Crippen LogP contribution in [0.5, 0.6) is 0 Å². The second-order valence-electron chi connectivity index (χ2n) is 5.89. The van der Waals surface area contributed by atoms with Crippen LogP contribution in [0.4, 0.5) is 0 Å². The van der Waals surface area contributed by atoms with E-state index in [1.165, 1.54) is 16.0 Å². The third kappa shape index (κ3) is 5.51. The first kappa shape index (κ1) is 17.8. The molecule has 3 rings (SSSR count). The minimum absolute atomic E-state index is 0.141. The number of nitrogens with zero attached hydrogens (tertiary/aromatic N) is 1. The molecule has 0 radical (unpaired) electrons. The largest absolute Gasteiger partial charge is 0.467 e. The standard InChI is InChI=1S/C20H21NO2S2/c1-16-6-8-17(9-7-16)14-24-15-20(22)21(12-18-4-2-10-23-18)13-19-5-3-11-25-19/h2-11H,12-15H2,1H3. The Balaban J connectivity index is 1.56. The summed E-state index contributed by atoms with van der Waals surface area (Å²) in [6.45, 7) is 3.22. The fourth-order valence-electron chi connectivity index (χ4n) is 2.45. The second kappa shape index (κ2) is 8.92. The summed E-state index contributed by atoms with van der Waals surface area (Å²) in [7, 11) is 0. The summed E-state index contributed by atoms with van der Waals surface area (Å²) in [5.41, 5.74) is 2.50. The molecule has 0 fully saturated rings. The molecule has 0 spiro atoms. The van der Waals surface area contributed by atoms with Crippen LogP contribution in [0.2, 0.25) is 0 Å². The highest BCUT2D eigenvalue weighted by molar-refractivity contribution is 7.99. The van der Waals surface area contributed by atoms with Gasteiger partial charge in [-0.25, -0.2) is 0 Å². The first-order valence-corrected chi connectivity index (χ1v) is 10.2. The number of thiophene rings is 1. The zero-order chi connectivity index (χ0) is 17.5. The molecule has 0 atom stereocenters. The van der Waals surface area contributed by atoms with E-state index in [0.717, 1.165) is 11.5 Å². The Hall–Kier alpha value is -1.98. The number of hydrogen-bond acceptors (Lipinski definition) is 4. The van der Waals surface area contributed by atoms with Crippen LogP contribution in [0.3, 0.4) is 0 Å². The van der Waals surface area contributed by atoms with Gasteiger partial charge in [-0.05, 0) is 36.1 Å². The van der Waals surface area contributed by atoms with Gasteiger partial charge in [-0.2, -0.15) is 0 Å². The van der Waals surface area contributed by atoms with Gasteiger partial charge in [0.25, 0.3) is 0 Å². The molecule has 0 saturated heterocycles. The van der Waals surface area contributed by atoms with Crippen LogP contribution in [0.25, 0.3) is 0 Å². The van der Waals surface area contributed by atoms with Gasteiger partial charge in [-0.15, -0.1) is 23.1 Å². The van der Waals surface area contributed by atoms with E-state index in [0.29, 0.717) is 18.8 Å². The van der Waals surface area contributed by atoms with Gasteiger partial charge in [-0.3, -0.25) is 4.79 Å². The SMILES string of the molecule is Cc1ccc(CSCC(=O)N(Cc2ccco2)Cc2cccs2)cc1. The summed E-state index contributed by atoms with van der Waals surface area (Å²) in [4.78, 5) is 15.8. The molecular formula is C20H21NO2S2. The Morgan fingerprint density at radius 3 is 2.64 bits per heavy atom. The fraction of sp³-hybridized carbons (Fsp3) is 0.250. The zero-order valence-corrected chi connectivity index (χ0v) is 15.8. The van der Waals surface area contributed by atoms with Crippen molar-refractivity contribution in [3.8, 4) is 0 Å². The van der Waals surface area contributed by atoms with Crippen molar-refractivity contribution in [2.75, 3.05) is 5.75 Å². The Bertz CT molecular complexity index is 728. The van der Waals surface area contributed by atoms with Crippen molar-refractivity contribution in [3.63, 3.8) is 0 Å². The third-order valence-corrected chi connectivity index (χ3v) is 5.67. The molecule has 1 aromatic carbocycles. The predicted octanol–water partition coefficient (Wildman–Crippen LogP) is 5.11. The molecule has 0 N–H and O–H groups in total. The Morgan fingerprint density at radius 1 is 1.12 bits per heavy atom. The van der Waals surface area contributed by atoms with Crippen molar-refractivity contribution in [2.45, 2.75) is 25.8 Å². The fourth-order valence-corrected chi connectivity index (χ4v) is 4.05. The maximum absolute atomic E-state index is 12.7. The quantitative estimate of drug-likeness (QED) is 0.551. The molecule has 0 aliphatic carbocycles. The minimum atomic E-state index is 0.141. The predicted molar refractivity (Wildman–Crippen MR) is 105 cm³/mol. The first-order valence-electron chi connectivity index (χ1n) is 8.16. The van der Waals surface area contributed by atoms with Crippen LogP contribution in [0, 0.1) is 6.92 Å². The average molecular weight is 372 g/mol. The van der Waals surface area contributed by atoms with E-state index in [1.54, 1.807) is 29.4 Å². The number of furan rings is 1. The molecular weight excluding hydrogens is 350 g/mol. The van der Waals surface area contributed by atoms with Gasteiger partial charge in [-0.1, -0.05) is 35.9 Å². The lowest BCUT2D eigenvalue weighted by Gasteiger charge is -2.21. The molecule has 5 heteroatoms. The normalized spacial score (nSPS) is 10.8. The van der Waals surface area contributed by atoms with Crippen LogP contribution in [-0.4, -0.2) is 16.6 Å². The van der Waals surface area contributed by atoms with Gasteiger partial charge in [0.15, 0.2) is 0 Å². The van der Waals surface area contributed by atoms with E-state index in [4.69, 9.17) is 4.42 Å². The molecule has 25 heavy (non-hydrogen) atoms. The van der Waals surface area contributed by atoms with Crippen molar-refractivity contribution in [2.24, 2.45) is 0 Å². The van der Waals surface area contributed by atoms with E-state index in [-0.39, 0.29) is 5.91 Å². The van der Waals surface area contributed by atoms with Gasteiger partial charge in [0, 0.05) is 10.6 Å². The molecule has 3 nitrogen and oxygen atoms in total. The smallest absolute Gasteiger partial charge is 0.233 e. The van der Waals surface area contributed by atoms with Crippen LogP contribution < -0.4 is 0 Å². The van der Waals surface area contributed by atoms with Gasteiger partial charge >= 0.3 is 0 Å². The Kier molecular flexibility index (Phi) is 6.36. The lowest BCUT2D eigenvalue weighted by atomic mass is 10.2. The maximum Gasteiger partial charge on any atom is 0.233 e. The second-order valence-corrected chi connectivity index (χ2v) is 7.90. The maximum atomic E-state index is 12.7. The molecule has 1 amide bonds. The summed E-state index contributed by atoms with van der Waals surface area (Å²) in [6.07, 6.45) is 1.65. The van der Waals surface area contributed by atoms with Crippen molar-refractivity contribution in [3.05, 3.63) is 81.9 Å². The molecule has 0 unspecified atom stereocenters. The molecule has 130 valence electrons. The van der Waals surface area contributed by atoms with Crippen molar-refractivity contribution < 1.29 is 9.21 Å². The lowest BCUT2D eigenvalue weighted by molar-refractivity contribution is -0.129. The van der Waals surface area contributed by atoms with E-state index in [1.807, 2.05) is 28.5 Å².